The van der Waals surface area contributed by atoms with Gasteiger partial charge in [-0.15, -0.1) is 0 Å². The molecular weight excluding hydrogens is 234 g/mol. The number of imide groups is 1. The first kappa shape index (κ1) is 12.4. The molecule has 0 saturated carbocycles. The summed E-state index contributed by atoms with van der Waals surface area (Å²) in [5.74, 6) is -0.0853. The first-order valence-electron chi connectivity index (χ1n) is 5.94. The number of aryl methyl sites for hydroxylation is 1. The SMILES string of the molecule is O=C1NC(=O)C(CCCCc2ccc(O)cc2)O1. The third-order valence-corrected chi connectivity index (χ3v) is 2.89. The highest BCUT2D eigenvalue weighted by Crippen LogP contribution is 2.15. The Kier molecular flexibility index (Phi) is 3.82. The van der Waals surface area contributed by atoms with Crippen molar-refractivity contribution in [1.82, 2.24) is 5.32 Å². The third-order valence-electron chi connectivity index (χ3n) is 2.89. The number of cyclic esters (lactones) is 1. The van der Waals surface area contributed by atoms with Gasteiger partial charge >= 0.3 is 6.09 Å². The van der Waals surface area contributed by atoms with Gasteiger partial charge in [-0.2, -0.15) is 0 Å². The molecule has 2 rings (SSSR count). The number of rotatable bonds is 5. The molecule has 0 spiro atoms. The Morgan fingerprint density at radius 1 is 1.17 bits per heavy atom. The lowest BCUT2D eigenvalue weighted by atomic mass is 10.1. The van der Waals surface area contributed by atoms with E-state index >= 15 is 0 Å². The van der Waals surface area contributed by atoms with Crippen LogP contribution in [0.5, 0.6) is 5.75 Å². The largest absolute Gasteiger partial charge is 0.508 e. The highest BCUT2D eigenvalue weighted by Gasteiger charge is 2.31. The van der Waals surface area contributed by atoms with E-state index in [0.717, 1.165) is 24.8 Å². The summed E-state index contributed by atoms with van der Waals surface area (Å²) in [6.07, 6.45) is 1.87. The molecule has 96 valence electrons. The van der Waals surface area contributed by atoms with Gasteiger partial charge in [0.2, 0.25) is 0 Å². The quantitative estimate of drug-likeness (QED) is 0.779. The van der Waals surface area contributed by atoms with Gasteiger partial charge < -0.3 is 9.84 Å². The van der Waals surface area contributed by atoms with Crippen LogP contribution in [0.1, 0.15) is 24.8 Å². The summed E-state index contributed by atoms with van der Waals surface area (Å²) < 4.78 is 4.81. The zero-order valence-corrected chi connectivity index (χ0v) is 9.89. The summed E-state index contributed by atoms with van der Waals surface area (Å²) in [6, 6.07) is 7.05. The predicted octanol–water partition coefficient (Wildman–Crippen LogP) is 1.74. The van der Waals surface area contributed by atoms with Crippen LogP contribution in [0.2, 0.25) is 0 Å². The van der Waals surface area contributed by atoms with E-state index in [9.17, 15) is 9.59 Å². The van der Waals surface area contributed by atoms with Crippen LogP contribution in [-0.4, -0.2) is 23.2 Å². The fraction of sp³-hybridized carbons (Fsp3) is 0.385. The Morgan fingerprint density at radius 3 is 2.50 bits per heavy atom. The summed E-state index contributed by atoms with van der Waals surface area (Å²) in [5.41, 5.74) is 1.14. The number of carbonyl (C=O) groups excluding carboxylic acids is 2. The Hall–Kier alpha value is -2.04. The zero-order chi connectivity index (χ0) is 13.0. The van der Waals surface area contributed by atoms with E-state index in [1.54, 1.807) is 12.1 Å². The van der Waals surface area contributed by atoms with Gasteiger partial charge in [-0.3, -0.25) is 10.1 Å². The number of amides is 2. The normalized spacial score (nSPS) is 18.6. The van der Waals surface area contributed by atoms with Crippen LogP contribution in [0.3, 0.4) is 0 Å². The molecule has 2 N–H and O–H groups in total. The number of carbonyl (C=O) groups is 2. The number of phenols is 1. The molecule has 1 heterocycles. The average molecular weight is 249 g/mol. The summed E-state index contributed by atoms with van der Waals surface area (Å²) in [6.45, 7) is 0. The predicted molar refractivity (Wildman–Crippen MR) is 64.1 cm³/mol. The van der Waals surface area contributed by atoms with E-state index in [1.165, 1.54) is 0 Å². The lowest BCUT2D eigenvalue weighted by molar-refractivity contribution is -0.123. The van der Waals surface area contributed by atoms with Crippen LogP contribution in [0, 0.1) is 0 Å². The maximum Gasteiger partial charge on any atom is 0.414 e. The molecule has 0 aliphatic carbocycles. The van der Waals surface area contributed by atoms with Gasteiger partial charge in [0.05, 0.1) is 0 Å². The fourth-order valence-electron chi connectivity index (χ4n) is 1.90. The summed E-state index contributed by atoms with van der Waals surface area (Å²) >= 11 is 0. The lowest BCUT2D eigenvalue weighted by Crippen LogP contribution is -2.24. The van der Waals surface area contributed by atoms with Crippen LogP contribution in [0.15, 0.2) is 24.3 Å². The first-order chi connectivity index (χ1) is 8.65. The van der Waals surface area contributed by atoms with E-state index in [2.05, 4.69) is 5.32 Å². The van der Waals surface area contributed by atoms with E-state index in [-0.39, 0.29) is 11.7 Å². The maximum atomic E-state index is 11.2. The molecule has 1 aromatic rings. The molecule has 18 heavy (non-hydrogen) atoms. The van der Waals surface area contributed by atoms with Crippen molar-refractivity contribution >= 4 is 12.0 Å². The standard InChI is InChI=1S/C13H15NO4/c15-10-7-5-9(6-8-10)3-1-2-4-11-12(16)14-13(17)18-11/h5-8,11,15H,1-4H2,(H,14,16,17). The summed E-state index contributed by atoms with van der Waals surface area (Å²) in [7, 11) is 0. The van der Waals surface area contributed by atoms with E-state index in [1.807, 2.05) is 12.1 Å². The minimum atomic E-state index is -0.650. The third kappa shape index (κ3) is 3.23. The molecule has 1 atom stereocenters. The number of ether oxygens (including phenoxy) is 1. The van der Waals surface area contributed by atoms with Crippen molar-refractivity contribution in [2.24, 2.45) is 0 Å². The Bertz CT molecular complexity index is 441. The molecular formula is C13H15NO4. The van der Waals surface area contributed by atoms with Crippen molar-refractivity contribution in [2.75, 3.05) is 0 Å². The van der Waals surface area contributed by atoms with Crippen molar-refractivity contribution < 1.29 is 19.4 Å². The fourth-order valence-corrected chi connectivity index (χ4v) is 1.90. The van der Waals surface area contributed by atoms with Crippen molar-refractivity contribution in [3.63, 3.8) is 0 Å². The molecule has 1 aromatic carbocycles. The number of aromatic hydroxyl groups is 1. The van der Waals surface area contributed by atoms with Gasteiger partial charge in [0.15, 0.2) is 6.10 Å². The van der Waals surface area contributed by atoms with Crippen molar-refractivity contribution in [1.29, 1.82) is 0 Å². The smallest absolute Gasteiger partial charge is 0.414 e. The van der Waals surface area contributed by atoms with Crippen LogP contribution in [-0.2, 0) is 16.0 Å². The molecule has 1 aliphatic rings. The van der Waals surface area contributed by atoms with Gasteiger partial charge in [0.25, 0.3) is 5.91 Å². The zero-order valence-electron chi connectivity index (χ0n) is 9.89. The Balaban J connectivity index is 1.68. The van der Waals surface area contributed by atoms with Gasteiger partial charge in [-0.05, 0) is 43.4 Å². The molecule has 0 aromatic heterocycles. The highest BCUT2D eigenvalue weighted by atomic mass is 16.6. The van der Waals surface area contributed by atoms with E-state index < -0.39 is 12.2 Å². The minimum absolute atomic E-state index is 0.258. The van der Waals surface area contributed by atoms with Gasteiger partial charge in [-0.25, -0.2) is 4.79 Å². The Labute approximate surface area is 105 Å². The first-order valence-corrected chi connectivity index (χ1v) is 5.94. The van der Waals surface area contributed by atoms with E-state index in [4.69, 9.17) is 9.84 Å². The lowest BCUT2D eigenvalue weighted by Gasteiger charge is -2.06. The van der Waals surface area contributed by atoms with Crippen molar-refractivity contribution in [3.05, 3.63) is 29.8 Å². The minimum Gasteiger partial charge on any atom is -0.508 e. The highest BCUT2D eigenvalue weighted by molar-refractivity contribution is 5.99. The van der Waals surface area contributed by atoms with Gasteiger partial charge in [0.1, 0.15) is 5.75 Å². The van der Waals surface area contributed by atoms with Gasteiger partial charge in [0, 0.05) is 0 Å². The number of hydrogen-bond acceptors (Lipinski definition) is 4. The van der Waals surface area contributed by atoms with Crippen LogP contribution in [0.4, 0.5) is 4.79 Å². The van der Waals surface area contributed by atoms with Crippen LogP contribution < -0.4 is 5.32 Å². The van der Waals surface area contributed by atoms with Crippen molar-refractivity contribution in [2.45, 2.75) is 31.8 Å². The van der Waals surface area contributed by atoms with Gasteiger partial charge in [-0.1, -0.05) is 12.1 Å². The molecule has 1 unspecified atom stereocenters. The average Bonchev–Trinajstić information content (AvgIpc) is 2.66. The number of unbranched alkanes of at least 4 members (excludes halogenated alkanes) is 1. The topological polar surface area (TPSA) is 75.6 Å². The number of phenolic OH excluding ortho intramolecular Hbond substituents is 1. The van der Waals surface area contributed by atoms with Crippen LogP contribution >= 0.6 is 0 Å². The number of nitrogens with one attached hydrogen (secondary N) is 1. The molecule has 0 radical (unpaired) electrons. The summed E-state index contributed by atoms with van der Waals surface area (Å²) in [4.78, 5) is 22.0. The van der Waals surface area contributed by atoms with Crippen molar-refractivity contribution in [3.8, 4) is 5.75 Å². The second kappa shape index (κ2) is 5.53. The molecule has 1 aliphatic heterocycles. The molecule has 5 nitrogen and oxygen atoms in total. The molecule has 5 heteroatoms. The second-order valence-electron chi connectivity index (χ2n) is 4.30. The maximum absolute atomic E-state index is 11.2. The summed E-state index contributed by atoms with van der Waals surface area (Å²) in [5, 5.41) is 11.2. The van der Waals surface area contributed by atoms with Crippen LogP contribution in [0.25, 0.3) is 0 Å². The molecule has 0 bridgehead atoms. The monoisotopic (exact) mass is 249 g/mol. The number of benzene rings is 1. The Morgan fingerprint density at radius 2 is 1.89 bits per heavy atom. The molecule has 1 fully saturated rings. The number of hydrogen-bond donors (Lipinski definition) is 2. The number of alkyl carbamates (subject to hydrolysis) is 1. The second-order valence-corrected chi connectivity index (χ2v) is 4.30. The molecule has 2 amide bonds. The molecule has 1 saturated heterocycles. The van der Waals surface area contributed by atoms with E-state index in [0.29, 0.717) is 6.42 Å².